The second-order valence-corrected chi connectivity index (χ2v) is 8.74. The van der Waals surface area contributed by atoms with Gasteiger partial charge in [-0.25, -0.2) is 9.67 Å². The zero-order chi connectivity index (χ0) is 23.3. The van der Waals surface area contributed by atoms with E-state index in [1.54, 1.807) is 6.20 Å². The third-order valence-corrected chi connectivity index (χ3v) is 6.46. The minimum atomic E-state index is -0.500. The van der Waals surface area contributed by atoms with Gasteiger partial charge in [0.25, 0.3) is 11.5 Å². The van der Waals surface area contributed by atoms with E-state index >= 15 is 0 Å². The molecule has 3 N–H and O–H groups in total. The van der Waals surface area contributed by atoms with Crippen LogP contribution in [0.1, 0.15) is 16.6 Å². The number of hydrogen-bond donors (Lipinski definition) is 3. The number of thiophene rings is 1. The minimum Gasteiger partial charge on any atom is -0.381 e. The van der Waals surface area contributed by atoms with Crippen LogP contribution in [-0.2, 0) is 11.8 Å². The Bertz CT molecular complexity index is 1540. The summed E-state index contributed by atoms with van der Waals surface area (Å²) in [5.74, 6) is -0.606. The van der Waals surface area contributed by atoms with Gasteiger partial charge >= 0.3 is 0 Å². The Hall–Kier alpha value is -4.12. The van der Waals surface area contributed by atoms with Crippen LogP contribution in [0.5, 0.6) is 0 Å². The summed E-state index contributed by atoms with van der Waals surface area (Å²) < 4.78 is 2.06. The molecule has 166 valence electrons. The van der Waals surface area contributed by atoms with E-state index in [0.717, 1.165) is 26.5 Å². The molecule has 0 unspecified atom stereocenters. The molecule has 0 spiro atoms. The molecule has 2 amide bonds. The van der Waals surface area contributed by atoms with Crippen molar-refractivity contribution < 1.29 is 9.59 Å². The molecule has 5 rings (SSSR count). The van der Waals surface area contributed by atoms with Crippen molar-refractivity contribution in [1.82, 2.24) is 25.1 Å². The molecule has 1 aliphatic heterocycles. The summed E-state index contributed by atoms with van der Waals surface area (Å²) >= 11 is 1.41. The van der Waals surface area contributed by atoms with Crippen LogP contribution < -0.4 is 21.5 Å². The number of carbonyl (C=O) groups excluding carboxylic acids is 2. The van der Waals surface area contributed by atoms with Gasteiger partial charge in [0.1, 0.15) is 22.0 Å². The number of fused-ring (bicyclic) bond motifs is 5. The first kappa shape index (κ1) is 20.8. The van der Waals surface area contributed by atoms with Gasteiger partial charge < -0.3 is 16.0 Å². The summed E-state index contributed by atoms with van der Waals surface area (Å²) in [5, 5.41) is 13.9. The van der Waals surface area contributed by atoms with Crippen LogP contribution in [0, 0.1) is 0 Å². The summed E-state index contributed by atoms with van der Waals surface area (Å²) in [6, 6.07) is 5.22. The first-order valence-electron chi connectivity index (χ1n) is 10.1. The molecule has 33 heavy (non-hydrogen) atoms. The largest absolute Gasteiger partial charge is 0.381 e. The second-order valence-electron chi connectivity index (χ2n) is 7.69. The van der Waals surface area contributed by atoms with Gasteiger partial charge in [0, 0.05) is 29.7 Å². The molecule has 0 aliphatic carbocycles. The molecule has 10 nitrogen and oxygen atoms in total. The molecule has 4 aromatic rings. The predicted molar refractivity (Wildman–Crippen MR) is 128 cm³/mol. The highest BCUT2D eigenvalue weighted by atomic mass is 32.1. The van der Waals surface area contributed by atoms with Crippen LogP contribution in [-0.4, -0.2) is 44.1 Å². The predicted octanol–water partition coefficient (Wildman–Crippen LogP) is 2.27. The van der Waals surface area contributed by atoms with Gasteiger partial charge in [0.05, 0.1) is 22.9 Å². The fourth-order valence-electron chi connectivity index (χ4n) is 3.72. The number of rotatable bonds is 3. The second kappa shape index (κ2) is 7.78. The van der Waals surface area contributed by atoms with E-state index in [2.05, 4.69) is 32.6 Å². The Balaban J connectivity index is 1.65. The number of carbonyl (C=O) groups is 2. The molecular weight excluding hydrogens is 442 g/mol. The van der Waals surface area contributed by atoms with Crippen LogP contribution in [0.2, 0.25) is 0 Å². The Kier molecular flexibility index (Phi) is 4.90. The lowest BCUT2D eigenvalue weighted by Gasteiger charge is -2.10. The molecule has 0 radical (unpaired) electrons. The number of benzene rings is 1. The topological polar surface area (TPSA) is 131 Å². The number of amides is 2. The normalized spacial score (nSPS) is 15.5. The van der Waals surface area contributed by atoms with E-state index in [0.29, 0.717) is 33.8 Å². The summed E-state index contributed by atoms with van der Waals surface area (Å²) in [7, 11) is 1.49. The van der Waals surface area contributed by atoms with Crippen molar-refractivity contribution in [2.24, 2.45) is 7.05 Å². The summed E-state index contributed by atoms with van der Waals surface area (Å²) in [6.45, 7) is 5.95. The Morgan fingerprint density at radius 3 is 2.94 bits per heavy atom. The Morgan fingerprint density at radius 1 is 1.33 bits per heavy atom. The van der Waals surface area contributed by atoms with Crippen molar-refractivity contribution in [1.29, 1.82) is 0 Å². The number of hydrogen-bond acceptors (Lipinski definition) is 8. The van der Waals surface area contributed by atoms with Crippen LogP contribution in [0.3, 0.4) is 0 Å². The van der Waals surface area contributed by atoms with Crippen molar-refractivity contribution in [2.75, 3.05) is 17.2 Å². The van der Waals surface area contributed by atoms with E-state index in [-0.39, 0.29) is 17.6 Å². The average Bonchev–Trinajstić information content (AvgIpc) is 3.12. The van der Waals surface area contributed by atoms with Gasteiger partial charge in [0.2, 0.25) is 5.91 Å². The van der Waals surface area contributed by atoms with Gasteiger partial charge in [-0.2, -0.15) is 5.10 Å². The maximum absolute atomic E-state index is 12.6. The van der Waals surface area contributed by atoms with E-state index in [1.807, 2.05) is 19.1 Å². The molecular formula is C22H19N7O3S. The van der Waals surface area contributed by atoms with Gasteiger partial charge in [-0.05, 0) is 31.2 Å². The zero-order valence-corrected chi connectivity index (χ0v) is 18.6. The Labute approximate surface area is 191 Å². The smallest absolute Gasteiger partial charge is 0.290 e. The molecule has 3 aromatic heterocycles. The minimum absolute atomic E-state index is 0.00592. The highest BCUT2D eigenvalue weighted by Gasteiger charge is 2.25. The van der Waals surface area contributed by atoms with Crippen molar-refractivity contribution in [3.05, 3.63) is 52.3 Å². The monoisotopic (exact) mass is 461 g/mol. The van der Waals surface area contributed by atoms with Gasteiger partial charge in [-0.1, -0.05) is 6.58 Å². The number of nitrogens with zero attached hydrogens (tertiary/aromatic N) is 4. The zero-order valence-electron chi connectivity index (χ0n) is 17.8. The lowest BCUT2D eigenvalue weighted by atomic mass is 10.1. The van der Waals surface area contributed by atoms with Gasteiger partial charge in [-0.3, -0.25) is 19.4 Å². The summed E-state index contributed by atoms with van der Waals surface area (Å²) in [5.41, 5.74) is 2.47. The van der Waals surface area contributed by atoms with E-state index in [4.69, 9.17) is 4.98 Å². The van der Waals surface area contributed by atoms with Crippen molar-refractivity contribution in [3.63, 3.8) is 0 Å². The molecule has 11 heteroatoms. The van der Waals surface area contributed by atoms with E-state index in [9.17, 15) is 14.4 Å². The SMILES string of the molecule is C=CC(=O)Nc1cc(-c2cnc3c(ccc4sc5c(c43)NC[C@@H](C)NC5=O)n2)nn(C)c1=O. The van der Waals surface area contributed by atoms with Gasteiger partial charge in [0.15, 0.2) is 0 Å². The van der Waals surface area contributed by atoms with Crippen molar-refractivity contribution in [3.8, 4) is 11.4 Å². The number of anilines is 2. The molecule has 0 bridgehead atoms. The first-order chi connectivity index (χ1) is 15.9. The van der Waals surface area contributed by atoms with Gasteiger partial charge in [-0.15, -0.1) is 11.3 Å². The maximum atomic E-state index is 12.6. The van der Waals surface area contributed by atoms with Crippen LogP contribution >= 0.6 is 11.3 Å². The van der Waals surface area contributed by atoms with E-state index < -0.39 is 11.5 Å². The number of aromatic nitrogens is 4. The highest BCUT2D eigenvalue weighted by molar-refractivity contribution is 7.21. The average molecular weight is 462 g/mol. The quantitative estimate of drug-likeness (QED) is 0.399. The number of aryl methyl sites for hydroxylation is 1. The third-order valence-electron chi connectivity index (χ3n) is 5.30. The van der Waals surface area contributed by atoms with Crippen LogP contribution in [0.4, 0.5) is 11.4 Å². The Morgan fingerprint density at radius 2 is 2.15 bits per heavy atom. The highest BCUT2D eigenvalue weighted by Crippen LogP contribution is 2.40. The standard InChI is InChI=1S/C22H19N7O3S/c1-4-16(30)27-13-7-12(28-29(3)22(13)32)14-9-24-18-11(26-14)5-6-15-17(18)19-20(33-15)21(31)25-10(2)8-23-19/h4-7,9-10,23H,1,8H2,2-3H3,(H,25,31)(H,27,30)/t10-/m1/s1. The fraction of sp³-hybridized carbons (Fsp3) is 0.182. The summed E-state index contributed by atoms with van der Waals surface area (Å²) in [6.07, 6.45) is 2.65. The molecule has 0 fully saturated rings. The molecule has 1 aromatic carbocycles. The van der Waals surface area contributed by atoms with Crippen LogP contribution in [0.15, 0.2) is 41.8 Å². The molecule has 1 aliphatic rings. The van der Waals surface area contributed by atoms with E-state index in [1.165, 1.54) is 24.5 Å². The van der Waals surface area contributed by atoms with Crippen molar-refractivity contribution >= 4 is 55.6 Å². The van der Waals surface area contributed by atoms with Crippen LogP contribution in [0.25, 0.3) is 32.5 Å². The number of nitrogens with one attached hydrogen (secondary N) is 3. The first-order valence-corrected chi connectivity index (χ1v) is 11.0. The molecule has 4 heterocycles. The summed E-state index contributed by atoms with van der Waals surface area (Å²) in [4.78, 5) is 46.6. The molecule has 0 saturated heterocycles. The molecule has 1 atom stereocenters. The fourth-order valence-corrected chi connectivity index (χ4v) is 4.81. The lowest BCUT2D eigenvalue weighted by Crippen LogP contribution is -2.34. The maximum Gasteiger partial charge on any atom is 0.290 e. The molecule has 0 saturated carbocycles. The van der Waals surface area contributed by atoms with Crippen molar-refractivity contribution in [2.45, 2.75) is 13.0 Å². The third kappa shape index (κ3) is 3.52. The lowest BCUT2D eigenvalue weighted by molar-refractivity contribution is -0.111.